The van der Waals surface area contributed by atoms with Crippen molar-refractivity contribution in [2.45, 2.75) is 13.0 Å². The zero-order valence-corrected chi connectivity index (χ0v) is 10.5. The van der Waals surface area contributed by atoms with Crippen LogP contribution in [0.4, 0.5) is 4.39 Å². The Hall–Kier alpha value is -1.17. The van der Waals surface area contributed by atoms with Crippen molar-refractivity contribution in [1.29, 1.82) is 0 Å². The van der Waals surface area contributed by atoms with E-state index in [1.54, 1.807) is 13.2 Å². The maximum absolute atomic E-state index is 13.4. The number of benzene rings is 1. The van der Waals surface area contributed by atoms with Gasteiger partial charge in [0.1, 0.15) is 6.61 Å². The standard InChI is InChI=1S/C13H19FO4/c1-16-6-3-7-17-8-9-18-13-11(10-15)4-2-5-12(13)14/h2,4-5,15H,3,6-10H2,1H3. The van der Waals surface area contributed by atoms with E-state index in [1.807, 2.05) is 0 Å². The minimum absolute atomic E-state index is 0.0977. The van der Waals surface area contributed by atoms with Gasteiger partial charge in [-0.3, -0.25) is 0 Å². The fourth-order valence-corrected chi connectivity index (χ4v) is 1.45. The first-order valence-corrected chi connectivity index (χ1v) is 5.87. The average molecular weight is 258 g/mol. The van der Waals surface area contributed by atoms with Crippen LogP contribution in [0, 0.1) is 5.82 Å². The maximum Gasteiger partial charge on any atom is 0.165 e. The molecule has 1 N–H and O–H groups in total. The quantitative estimate of drug-likeness (QED) is 0.685. The summed E-state index contributed by atoms with van der Waals surface area (Å²) in [4.78, 5) is 0. The molecule has 0 atom stereocenters. The van der Waals surface area contributed by atoms with Gasteiger partial charge in [0.05, 0.1) is 13.2 Å². The van der Waals surface area contributed by atoms with Gasteiger partial charge in [-0.1, -0.05) is 12.1 Å². The summed E-state index contributed by atoms with van der Waals surface area (Å²) in [7, 11) is 1.64. The molecule has 0 fully saturated rings. The Morgan fingerprint density at radius 3 is 2.72 bits per heavy atom. The molecule has 18 heavy (non-hydrogen) atoms. The zero-order valence-electron chi connectivity index (χ0n) is 10.5. The summed E-state index contributed by atoms with van der Waals surface area (Å²) >= 11 is 0. The Morgan fingerprint density at radius 1 is 1.17 bits per heavy atom. The minimum atomic E-state index is -0.471. The molecule has 0 aromatic heterocycles. The molecule has 102 valence electrons. The van der Waals surface area contributed by atoms with E-state index in [4.69, 9.17) is 19.3 Å². The van der Waals surface area contributed by atoms with Crippen molar-refractivity contribution in [3.63, 3.8) is 0 Å². The lowest BCUT2D eigenvalue weighted by atomic mass is 10.2. The third-order valence-electron chi connectivity index (χ3n) is 2.33. The Bertz CT molecular complexity index is 344. The largest absolute Gasteiger partial charge is 0.488 e. The number of rotatable bonds is 9. The lowest BCUT2D eigenvalue weighted by molar-refractivity contribution is 0.0790. The van der Waals surface area contributed by atoms with E-state index in [9.17, 15) is 4.39 Å². The number of para-hydroxylation sites is 1. The van der Waals surface area contributed by atoms with E-state index in [0.717, 1.165) is 6.42 Å². The molecule has 0 unspecified atom stereocenters. The summed E-state index contributed by atoms with van der Waals surface area (Å²) in [5.74, 6) is -0.374. The van der Waals surface area contributed by atoms with Crippen LogP contribution < -0.4 is 4.74 Å². The number of methoxy groups -OCH3 is 1. The third-order valence-corrected chi connectivity index (χ3v) is 2.33. The topological polar surface area (TPSA) is 47.9 Å². The van der Waals surface area contributed by atoms with Gasteiger partial charge in [0.25, 0.3) is 0 Å². The first-order valence-electron chi connectivity index (χ1n) is 5.87. The van der Waals surface area contributed by atoms with E-state index < -0.39 is 5.82 Å². The lowest BCUT2D eigenvalue weighted by Gasteiger charge is -2.11. The second kappa shape index (κ2) is 8.85. The Balaban J connectivity index is 2.26. The summed E-state index contributed by atoms with van der Waals surface area (Å²) in [6.07, 6.45) is 0.818. The molecule has 0 spiro atoms. The third kappa shape index (κ3) is 5.00. The van der Waals surface area contributed by atoms with Crippen molar-refractivity contribution < 1.29 is 23.7 Å². The maximum atomic E-state index is 13.4. The Kier molecular flexibility index (Phi) is 7.32. The summed E-state index contributed by atoms with van der Waals surface area (Å²) in [6, 6.07) is 4.46. The molecule has 0 aliphatic heterocycles. The highest BCUT2D eigenvalue weighted by atomic mass is 19.1. The van der Waals surface area contributed by atoms with Gasteiger partial charge in [0.15, 0.2) is 11.6 Å². The first-order chi connectivity index (χ1) is 8.79. The van der Waals surface area contributed by atoms with Crippen molar-refractivity contribution in [2.75, 3.05) is 33.5 Å². The minimum Gasteiger partial charge on any atom is -0.488 e. The zero-order chi connectivity index (χ0) is 13.2. The number of halogens is 1. The van der Waals surface area contributed by atoms with Crippen molar-refractivity contribution >= 4 is 0 Å². The number of aliphatic hydroxyl groups is 1. The highest BCUT2D eigenvalue weighted by molar-refractivity contribution is 5.34. The van der Waals surface area contributed by atoms with E-state index in [1.165, 1.54) is 12.1 Å². The molecule has 0 aliphatic rings. The number of aliphatic hydroxyl groups excluding tert-OH is 1. The molecular weight excluding hydrogens is 239 g/mol. The van der Waals surface area contributed by atoms with Gasteiger partial charge in [-0.05, 0) is 12.5 Å². The summed E-state index contributed by atoms with van der Waals surface area (Å²) in [5, 5.41) is 9.05. The van der Waals surface area contributed by atoms with Crippen molar-refractivity contribution in [3.05, 3.63) is 29.6 Å². The molecule has 0 amide bonds. The second-order valence-corrected chi connectivity index (χ2v) is 3.69. The molecule has 5 heteroatoms. The van der Waals surface area contributed by atoms with Crippen molar-refractivity contribution in [1.82, 2.24) is 0 Å². The van der Waals surface area contributed by atoms with Gasteiger partial charge in [-0.2, -0.15) is 0 Å². The number of hydrogen-bond donors (Lipinski definition) is 1. The van der Waals surface area contributed by atoms with E-state index >= 15 is 0 Å². The van der Waals surface area contributed by atoms with Crippen LogP contribution in [0.5, 0.6) is 5.75 Å². The Labute approximate surface area is 106 Å². The normalized spacial score (nSPS) is 10.6. The first kappa shape index (κ1) is 14.9. The molecular formula is C13H19FO4. The predicted octanol–water partition coefficient (Wildman–Crippen LogP) is 1.75. The highest BCUT2D eigenvalue weighted by Gasteiger charge is 2.08. The monoisotopic (exact) mass is 258 g/mol. The molecule has 0 aliphatic carbocycles. The van der Waals surface area contributed by atoms with Gasteiger partial charge in [-0.15, -0.1) is 0 Å². The molecule has 1 aromatic rings. The fourth-order valence-electron chi connectivity index (χ4n) is 1.45. The van der Waals surface area contributed by atoms with Crippen LogP contribution in [0.3, 0.4) is 0 Å². The highest BCUT2D eigenvalue weighted by Crippen LogP contribution is 2.22. The molecule has 0 bridgehead atoms. The Morgan fingerprint density at radius 2 is 2.00 bits per heavy atom. The molecule has 1 aromatic carbocycles. The fraction of sp³-hybridized carbons (Fsp3) is 0.538. The average Bonchev–Trinajstić information content (AvgIpc) is 2.39. The van der Waals surface area contributed by atoms with Gasteiger partial charge < -0.3 is 19.3 Å². The molecule has 0 saturated heterocycles. The van der Waals surface area contributed by atoms with Gasteiger partial charge in [0, 0.05) is 25.9 Å². The van der Waals surface area contributed by atoms with Gasteiger partial charge >= 0.3 is 0 Å². The van der Waals surface area contributed by atoms with Crippen LogP contribution >= 0.6 is 0 Å². The SMILES string of the molecule is COCCCOCCOc1c(F)cccc1CO. The van der Waals surface area contributed by atoms with Crippen LogP contribution in [0.1, 0.15) is 12.0 Å². The molecule has 0 saturated carbocycles. The van der Waals surface area contributed by atoms with Crippen molar-refractivity contribution in [3.8, 4) is 5.75 Å². The number of ether oxygens (including phenoxy) is 3. The van der Waals surface area contributed by atoms with Crippen LogP contribution in [0.15, 0.2) is 18.2 Å². The van der Waals surface area contributed by atoms with E-state index in [0.29, 0.717) is 25.4 Å². The van der Waals surface area contributed by atoms with E-state index in [-0.39, 0.29) is 19.0 Å². The smallest absolute Gasteiger partial charge is 0.165 e. The van der Waals surface area contributed by atoms with E-state index in [2.05, 4.69) is 0 Å². The lowest BCUT2D eigenvalue weighted by Crippen LogP contribution is -2.10. The van der Waals surface area contributed by atoms with Gasteiger partial charge in [-0.25, -0.2) is 4.39 Å². The summed E-state index contributed by atoms with van der Waals surface area (Å²) < 4.78 is 28.8. The van der Waals surface area contributed by atoms with Crippen LogP contribution in [-0.4, -0.2) is 38.6 Å². The van der Waals surface area contributed by atoms with Crippen LogP contribution in [0.2, 0.25) is 0 Å². The summed E-state index contributed by atoms with van der Waals surface area (Å²) in [5.41, 5.74) is 0.439. The van der Waals surface area contributed by atoms with Crippen molar-refractivity contribution in [2.24, 2.45) is 0 Å². The van der Waals surface area contributed by atoms with Gasteiger partial charge in [0.2, 0.25) is 0 Å². The van der Waals surface area contributed by atoms with Crippen LogP contribution in [0.25, 0.3) is 0 Å². The summed E-state index contributed by atoms with van der Waals surface area (Å²) in [6.45, 7) is 1.62. The molecule has 0 radical (unpaired) electrons. The molecule has 0 heterocycles. The second-order valence-electron chi connectivity index (χ2n) is 3.69. The molecule has 4 nitrogen and oxygen atoms in total. The molecule has 1 rings (SSSR count). The predicted molar refractivity (Wildman–Crippen MR) is 65.1 cm³/mol. The van der Waals surface area contributed by atoms with Crippen LogP contribution in [-0.2, 0) is 16.1 Å². The number of hydrogen-bond acceptors (Lipinski definition) is 4.